The van der Waals surface area contributed by atoms with Gasteiger partial charge in [0.05, 0.1) is 11.4 Å². The Bertz CT molecular complexity index is 1440. The van der Waals surface area contributed by atoms with E-state index in [1.54, 1.807) is 30.5 Å². The zero-order valence-electron chi connectivity index (χ0n) is 24.0. The number of nitrogens with zero attached hydrogens (tertiary/aromatic N) is 3. The first-order valence-electron chi connectivity index (χ1n) is 14.1. The van der Waals surface area contributed by atoms with Crippen LogP contribution in [0.4, 0.5) is 0 Å². The number of aromatic hydroxyl groups is 1. The number of phenols is 1. The van der Waals surface area contributed by atoms with E-state index < -0.39 is 11.9 Å². The summed E-state index contributed by atoms with van der Waals surface area (Å²) in [5.74, 6) is -0.643. The van der Waals surface area contributed by atoms with Crippen molar-refractivity contribution in [3.8, 4) is 22.8 Å². The molecule has 0 unspecified atom stereocenters. The van der Waals surface area contributed by atoms with Gasteiger partial charge in [0.15, 0.2) is 0 Å². The van der Waals surface area contributed by atoms with Crippen LogP contribution in [0, 0.1) is 0 Å². The molecule has 0 bridgehead atoms. The van der Waals surface area contributed by atoms with Gasteiger partial charge in [-0.25, -0.2) is 4.68 Å². The van der Waals surface area contributed by atoms with E-state index >= 15 is 0 Å². The Labute approximate surface area is 241 Å². The van der Waals surface area contributed by atoms with Crippen LogP contribution in [0.3, 0.4) is 0 Å². The summed E-state index contributed by atoms with van der Waals surface area (Å²) in [5, 5.41) is 17.1. The van der Waals surface area contributed by atoms with Crippen LogP contribution < -0.4 is 11.1 Å². The Kier molecular flexibility index (Phi) is 9.55. The highest BCUT2D eigenvalue weighted by molar-refractivity contribution is 5.86. The molecule has 41 heavy (non-hydrogen) atoms. The van der Waals surface area contributed by atoms with Crippen LogP contribution in [0.5, 0.6) is 5.75 Å². The summed E-state index contributed by atoms with van der Waals surface area (Å²) < 4.78 is 1.99. The number of hydrogen-bond acceptors (Lipinski definition) is 5. The Morgan fingerprint density at radius 3 is 2.32 bits per heavy atom. The van der Waals surface area contributed by atoms with Crippen LogP contribution in [0.2, 0.25) is 0 Å². The number of aryl methyl sites for hydroxylation is 1. The summed E-state index contributed by atoms with van der Waals surface area (Å²) in [6.07, 6.45) is 5.58. The van der Waals surface area contributed by atoms with E-state index in [1.165, 1.54) is 5.56 Å². The number of phenolic OH excluding ortho intramolecular Hbond substituents is 1. The molecule has 0 fully saturated rings. The molecule has 2 aromatic heterocycles. The van der Waals surface area contributed by atoms with Crippen molar-refractivity contribution in [2.75, 3.05) is 0 Å². The summed E-state index contributed by atoms with van der Waals surface area (Å²) in [4.78, 5) is 28.9. The highest BCUT2D eigenvalue weighted by atomic mass is 16.3. The van der Waals surface area contributed by atoms with Gasteiger partial charge in [-0.1, -0.05) is 57.5 Å². The fourth-order valence-electron chi connectivity index (χ4n) is 4.69. The van der Waals surface area contributed by atoms with E-state index in [0.29, 0.717) is 12.8 Å². The quantitative estimate of drug-likeness (QED) is 0.207. The Hall–Kier alpha value is -4.46. The molecule has 2 heterocycles. The average Bonchev–Trinajstić information content (AvgIpc) is 3.38. The molecule has 4 rings (SSSR count). The second-order valence-electron chi connectivity index (χ2n) is 11.4. The first kappa shape index (κ1) is 29.5. The van der Waals surface area contributed by atoms with Crippen molar-refractivity contribution in [1.82, 2.24) is 20.1 Å². The number of aromatic nitrogens is 3. The van der Waals surface area contributed by atoms with Crippen molar-refractivity contribution in [2.24, 2.45) is 5.73 Å². The van der Waals surface area contributed by atoms with Crippen molar-refractivity contribution < 1.29 is 14.7 Å². The van der Waals surface area contributed by atoms with Crippen molar-refractivity contribution >= 4 is 11.8 Å². The third-order valence-corrected chi connectivity index (χ3v) is 7.08. The number of hydrogen-bond donors (Lipinski definition) is 3. The summed E-state index contributed by atoms with van der Waals surface area (Å²) >= 11 is 0. The smallest absolute Gasteiger partial charge is 0.240 e. The van der Waals surface area contributed by atoms with Gasteiger partial charge < -0.3 is 16.2 Å². The lowest BCUT2D eigenvalue weighted by Crippen LogP contribution is -2.45. The van der Waals surface area contributed by atoms with Crippen molar-refractivity contribution in [3.63, 3.8) is 0 Å². The molecule has 0 aliphatic carbocycles. The molecule has 2 aromatic carbocycles. The van der Waals surface area contributed by atoms with Crippen molar-refractivity contribution in [3.05, 3.63) is 95.8 Å². The third kappa shape index (κ3) is 8.27. The summed E-state index contributed by atoms with van der Waals surface area (Å²) in [6.45, 7) is 6.60. The lowest BCUT2D eigenvalue weighted by Gasteiger charge is -2.19. The molecule has 0 saturated heterocycles. The monoisotopic (exact) mass is 553 g/mol. The van der Waals surface area contributed by atoms with E-state index in [4.69, 9.17) is 10.8 Å². The van der Waals surface area contributed by atoms with Gasteiger partial charge in [0.1, 0.15) is 17.5 Å². The number of amides is 2. The van der Waals surface area contributed by atoms with Gasteiger partial charge in [-0.05, 0) is 78.3 Å². The predicted molar refractivity (Wildman–Crippen MR) is 161 cm³/mol. The topological polar surface area (TPSA) is 123 Å². The van der Waals surface area contributed by atoms with Gasteiger partial charge in [-0.15, -0.1) is 0 Å². The van der Waals surface area contributed by atoms with Crippen LogP contribution in [-0.4, -0.2) is 37.7 Å². The van der Waals surface area contributed by atoms with E-state index in [0.717, 1.165) is 47.6 Å². The maximum atomic E-state index is 12.6. The SMILES string of the molecule is CC(C)(C)c1ccc(-n2nc(-c3ccccn3)cc2CCCCCC(=O)N[C@@H](Cc2ccc(O)cc2)C(N)=O)cc1. The van der Waals surface area contributed by atoms with Gasteiger partial charge >= 0.3 is 0 Å². The second-order valence-corrected chi connectivity index (χ2v) is 11.4. The van der Waals surface area contributed by atoms with Crippen LogP contribution in [-0.2, 0) is 27.8 Å². The first-order chi connectivity index (χ1) is 19.6. The minimum Gasteiger partial charge on any atom is -0.508 e. The lowest BCUT2D eigenvalue weighted by molar-refractivity contribution is -0.127. The predicted octanol–water partition coefficient (Wildman–Crippen LogP) is 5.25. The minimum atomic E-state index is -0.795. The Balaban J connectivity index is 1.35. The number of benzene rings is 2. The summed E-state index contributed by atoms with van der Waals surface area (Å²) in [5.41, 5.74) is 11.4. The van der Waals surface area contributed by atoms with Crippen LogP contribution in [0.1, 0.15) is 63.3 Å². The number of carbonyl (C=O) groups excluding carboxylic acids is 2. The molecule has 2 amide bonds. The normalized spacial score (nSPS) is 12.2. The van der Waals surface area contributed by atoms with Crippen LogP contribution in [0.25, 0.3) is 17.1 Å². The Morgan fingerprint density at radius 2 is 1.68 bits per heavy atom. The third-order valence-electron chi connectivity index (χ3n) is 7.08. The summed E-state index contributed by atoms with van der Waals surface area (Å²) in [7, 11) is 0. The highest BCUT2D eigenvalue weighted by Crippen LogP contribution is 2.26. The second kappa shape index (κ2) is 13.3. The number of nitrogens with two attached hydrogens (primary N) is 1. The number of carbonyl (C=O) groups is 2. The minimum absolute atomic E-state index is 0.0693. The zero-order chi connectivity index (χ0) is 29.4. The van der Waals surface area contributed by atoms with E-state index in [-0.39, 0.29) is 23.5 Å². The van der Waals surface area contributed by atoms with Gasteiger partial charge in [0.25, 0.3) is 0 Å². The molecule has 0 saturated carbocycles. The molecule has 8 nitrogen and oxygen atoms in total. The molecule has 4 N–H and O–H groups in total. The van der Waals surface area contributed by atoms with Gasteiger partial charge in [-0.2, -0.15) is 5.10 Å². The van der Waals surface area contributed by atoms with Gasteiger partial charge in [0, 0.05) is 24.7 Å². The maximum absolute atomic E-state index is 12.6. The number of pyridine rings is 1. The number of primary amides is 1. The molecule has 4 aromatic rings. The fourth-order valence-corrected chi connectivity index (χ4v) is 4.69. The van der Waals surface area contributed by atoms with Gasteiger partial charge in [-0.3, -0.25) is 14.6 Å². The Morgan fingerprint density at radius 1 is 0.951 bits per heavy atom. The number of nitrogens with one attached hydrogen (secondary N) is 1. The van der Waals surface area contributed by atoms with Crippen LogP contribution in [0.15, 0.2) is 79.0 Å². The zero-order valence-corrected chi connectivity index (χ0v) is 24.0. The molecule has 0 aliphatic heterocycles. The molecular formula is C33H39N5O3. The van der Waals surface area contributed by atoms with E-state index in [1.807, 2.05) is 22.9 Å². The molecule has 214 valence electrons. The first-order valence-corrected chi connectivity index (χ1v) is 14.1. The van der Waals surface area contributed by atoms with E-state index in [2.05, 4.69) is 61.4 Å². The fraction of sp³-hybridized carbons (Fsp3) is 0.333. The molecule has 8 heteroatoms. The lowest BCUT2D eigenvalue weighted by atomic mass is 9.87. The molecule has 1 atom stereocenters. The molecule has 0 radical (unpaired) electrons. The number of unbranched alkanes of at least 4 members (excludes halogenated alkanes) is 2. The summed E-state index contributed by atoms with van der Waals surface area (Å²) in [6, 6.07) is 22.1. The van der Waals surface area contributed by atoms with Crippen molar-refractivity contribution in [2.45, 2.75) is 70.8 Å². The van der Waals surface area contributed by atoms with Crippen molar-refractivity contribution in [1.29, 1.82) is 0 Å². The van der Waals surface area contributed by atoms with Crippen LogP contribution >= 0.6 is 0 Å². The largest absolute Gasteiger partial charge is 0.508 e. The molecular weight excluding hydrogens is 514 g/mol. The molecule has 0 spiro atoms. The maximum Gasteiger partial charge on any atom is 0.240 e. The standard InChI is InChI=1S/C33H39N5O3/c1-33(2,3)24-14-16-25(17-15-24)38-26(22-29(37-38)28-10-7-8-20-35-28)9-5-4-6-11-31(40)36-30(32(34)41)21-23-12-18-27(39)19-13-23/h7-8,10,12-20,22,30,39H,4-6,9,11,21H2,1-3H3,(H2,34,41)(H,36,40)/t30-/m0/s1. The van der Waals surface area contributed by atoms with Gasteiger partial charge in [0.2, 0.25) is 11.8 Å². The average molecular weight is 554 g/mol. The van der Waals surface area contributed by atoms with E-state index in [9.17, 15) is 14.7 Å². The molecule has 0 aliphatic rings. The number of rotatable bonds is 12. The highest BCUT2D eigenvalue weighted by Gasteiger charge is 2.19.